The van der Waals surface area contributed by atoms with Gasteiger partial charge < -0.3 is 5.11 Å². The van der Waals surface area contributed by atoms with Crippen LogP contribution in [-0.4, -0.2) is 11.2 Å². The third-order valence-electron chi connectivity index (χ3n) is 1.41. The van der Waals surface area contributed by atoms with Gasteiger partial charge in [-0.3, -0.25) is 0 Å². The van der Waals surface area contributed by atoms with Crippen LogP contribution < -0.4 is 0 Å². The van der Waals surface area contributed by atoms with E-state index in [0.717, 1.165) is 6.42 Å². The van der Waals surface area contributed by atoms with Crippen molar-refractivity contribution in [2.45, 2.75) is 38.7 Å². The number of hydrogen-bond donors (Lipinski definition) is 1. The van der Waals surface area contributed by atoms with Gasteiger partial charge in [0.25, 0.3) is 0 Å². The molecule has 0 aliphatic rings. The lowest BCUT2D eigenvalue weighted by Gasteiger charge is -1.97. The minimum atomic E-state index is -0.447. The lowest BCUT2D eigenvalue weighted by Crippen LogP contribution is -1.98. The van der Waals surface area contributed by atoms with Gasteiger partial charge in [0.15, 0.2) is 0 Å². The van der Waals surface area contributed by atoms with Gasteiger partial charge in [-0.2, -0.15) is 0 Å². The molecule has 0 aliphatic carbocycles. The van der Waals surface area contributed by atoms with Gasteiger partial charge in [-0.25, -0.2) is 0 Å². The molecular formula is C10H16O. The van der Waals surface area contributed by atoms with E-state index in [0.29, 0.717) is 6.42 Å². The van der Waals surface area contributed by atoms with Crippen LogP contribution in [0.4, 0.5) is 0 Å². The van der Waals surface area contributed by atoms with Gasteiger partial charge in [-0.05, 0) is 6.42 Å². The monoisotopic (exact) mass is 152 g/mol. The normalized spacial score (nSPS) is 13.2. The summed E-state index contributed by atoms with van der Waals surface area (Å²) in [5, 5.41) is 9.12. The molecule has 11 heavy (non-hydrogen) atoms. The van der Waals surface area contributed by atoms with Crippen molar-refractivity contribution >= 4 is 0 Å². The number of unbranched alkanes of at least 4 members (excludes halogenated alkanes) is 2. The van der Waals surface area contributed by atoms with E-state index in [-0.39, 0.29) is 0 Å². The first-order chi connectivity index (χ1) is 5.31. The fourth-order valence-corrected chi connectivity index (χ4v) is 0.764. The van der Waals surface area contributed by atoms with Gasteiger partial charge in [0, 0.05) is 6.42 Å². The summed E-state index contributed by atoms with van der Waals surface area (Å²) in [6.45, 7) is 2.14. The number of terminal acetylenes is 1. The third kappa shape index (κ3) is 7.15. The number of hydrogen-bond acceptors (Lipinski definition) is 1. The molecule has 0 saturated carbocycles. The van der Waals surface area contributed by atoms with Gasteiger partial charge in [0.05, 0.1) is 6.10 Å². The van der Waals surface area contributed by atoms with Gasteiger partial charge in [-0.15, -0.1) is 12.3 Å². The second kappa shape index (κ2) is 7.37. The first-order valence-corrected chi connectivity index (χ1v) is 4.09. The molecule has 0 aromatic rings. The van der Waals surface area contributed by atoms with Crippen LogP contribution in [0, 0.1) is 12.3 Å². The van der Waals surface area contributed by atoms with E-state index in [4.69, 9.17) is 11.5 Å². The van der Waals surface area contributed by atoms with E-state index in [1.54, 1.807) is 6.08 Å². The van der Waals surface area contributed by atoms with Crippen LogP contribution in [0.5, 0.6) is 0 Å². The van der Waals surface area contributed by atoms with Crippen molar-refractivity contribution in [1.29, 1.82) is 0 Å². The fraction of sp³-hybridized carbons (Fsp3) is 0.600. The molecule has 0 bridgehead atoms. The Balaban J connectivity index is 3.34. The highest BCUT2D eigenvalue weighted by molar-refractivity contribution is 4.96. The predicted molar refractivity (Wildman–Crippen MR) is 48.1 cm³/mol. The number of allylic oxidation sites excluding steroid dienone is 1. The van der Waals surface area contributed by atoms with Crippen molar-refractivity contribution in [1.82, 2.24) is 0 Å². The standard InChI is InChI=1S/C10H16O/c1-3-5-6-7-9-10(11)8-4-2/h2,7,9-11H,3,5-6,8H2,1H3/b9-7+. The summed E-state index contributed by atoms with van der Waals surface area (Å²) in [6, 6.07) is 0. The van der Waals surface area contributed by atoms with Gasteiger partial charge >= 0.3 is 0 Å². The van der Waals surface area contributed by atoms with Crippen molar-refractivity contribution in [2.75, 3.05) is 0 Å². The average molecular weight is 152 g/mol. The van der Waals surface area contributed by atoms with E-state index in [9.17, 15) is 0 Å². The Labute approximate surface area is 69.1 Å². The molecule has 0 aromatic heterocycles. The second-order valence-corrected chi connectivity index (χ2v) is 2.55. The maximum atomic E-state index is 9.12. The first kappa shape index (κ1) is 10.3. The summed E-state index contributed by atoms with van der Waals surface area (Å²) in [7, 11) is 0. The minimum Gasteiger partial charge on any atom is -0.388 e. The summed E-state index contributed by atoms with van der Waals surface area (Å²) in [4.78, 5) is 0. The lowest BCUT2D eigenvalue weighted by atomic mass is 10.2. The van der Waals surface area contributed by atoms with Crippen LogP contribution in [0.15, 0.2) is 12.2 Å². The molecule has 1 N–H and O–H groups in total. The lowest BCUT2D eigenvalue weighted by molar-refractivity contribution is 0.229. The summed E-state index contributed by atoms with van der Waals surface area (Å²) in [5.41, 5.74) is 0. The zero-order valence-corrected chi connectivity index (χ0v) is 7.09. The van der Waals surface area contributed by atoms with Crippen LogP contribution in [0.2, 0.25) is 0 Å². The SMILES string of the molecule is C#CCC(O)/C=C/CCCC. The molecule has 0 spiro atoms. The highest BCUT2D eigenvalue weighted by atomic mass is 16.3. The summed E-state index contributed by atoms with van der Waals surface area (Å²) < 4.78 is 0. The Kier molecular flexibility index (Phi) is 6.87. The summed E-state index contributed by atoms with van der Waals surface area (Å²) >= 11 is 0. The van der Waals surface area contributed by atoms with Crippen LogP contribution >= 0.6 is 0 Å². The zero-order valence-electron chi connectivity index (χ0n) is 7.09. The van der Waals surface area contributed by atoms with E-state index in [2.05, 4.69) is 12.8 Å². The molecule has 0 fully saturated rings. The van der Waals surface area contributed by atoms with Crippen molar-refractivity contribution in [3.63, 3.8) is 0 Å². The quantitative estimate of drug-likeness (QED) is 0.363. The highest BCUT2D eigenvalue weighted by Crippen LogP contribution is 1.98. The maximum absolute atomic E-state index is 9.12. The fourth-order valence-electron chi connectivity index (χ4n) is 0.764. The van der Waals surface area contributed by atoms with Crippen molar-refractivity contribution in [3.05, 3.63) is 12.2 Å². The first-order valence-electron chi connectivity index (χ1n) is 4.09. The second-order valence-electron chi connectivity index (χ2n) is 2.55. The highest BCUT2D eigenvalue weighted by Gasteiger charge is 1.92. The van der Waals surface area contributed by atoms with Crippen molar-refractivity contribution < 1.29 is 5.11 Å². The van der Waals surface area contributed by atoms with Crippen LogP contribution in [0.3, 0.4) is 0 Å². The third-order valence-corrected chi connectivity index (χ3v) is 1.41. The van der Waals surface area contributed by atoms with E-state index < -0.39 is 6.10 Å². The molecule has 0 saturated heterocycles. The molecule has 62 valence electrons. The number of aliphatic hydroxyl groups excluding tert-OH is 1. The number of aliphatic hydroxyl groups is 1. The van der Waals surface area contributed by atoms with Gasteiger partial charge in [0.2, 0.25) is 0 Å². The van der Waals surface area contributed by atoms with E-state index in [1.807, 2.05) is 6.08 Å². The summed E-state index contributed by atoms with van der Waals surface area (Å²) in [6.07, 6.45) is 12.2. The Morgan fingerprint density at radius 1 is 1.64 bits per heavy atom. The Bertz CT molecular complexity index is 141. The average Bonchev–Trinajstić information content (AvgIpc) is 1.99. The van der Waals surface area contributed by atoms with Crippen LogP contribution in [0.25, 0.3) is 0 Å². The Morgan fingerprint density at radius 3 is 2.91 bits per heavy atom. The van der Waals surface area contributed by atoms with E-state index in [1.165, 1.54) is 12.8 Å². The molecule has 0 radical (unpaired) electrons. The molecule has 1 heteroatoms. The Hall–Kier alpha value is -0.740. The molecule has 0 aromatic carbocycles. The molecule has 1 unspecified atom stereocenters. The predicted octanol–water partition coefficient (Wildman–Crippen LogP) is 2.12. The molecule has 0 rings (SSSR count). The van der Waals surface area contributed by atoms with E-state index >= 15 is 0 Å². The van der Waals surface area contributed by atoms with Gasteiger partial charge in [0.1, 0.15) is 0 Å². The molecular weight excluding hydrogens is 136 g/mol. The largest absolute Gasteiger partial charge is 0.388 e. The number of rotatable bonds is 5. The zero-order chi connectivity index (χ0) is 8.53. The smallest absolute Gasteiger partial charge is 0.0830 e. The van der Waals surface area contributed by atoms with Crippen LogP contribution in [0.1, 0.15) is 32.6 Å². The maximum Gasteiger partial charge on any atom is 0.0830 e. The topological polar surface area (TPSA) is 20.2 Å². The molecule has 0 amide bonds. The molecule has 0 heterocycles. The summed E-state index contributed by atoms with van der Waals surface area (Å²) in [5.74, 6) is 2.41. The van der Waals surface area contributed by atoms with Crippen molar-refractivity contribution in [3.8, 4) is 12.3 Å². The molecule has 1 nitrogen and oxygen atoms in total. The van der Waals surface area contributed by atoms with Crippen molar-refractivity contribution in [2.24, 2.45) is 0 Å². The minimum absolute atomic E-state index is 0.419. The Morgan fingerprint density at radius 2 is 2.36 bits per heavy atom. The van der Waals surface area contributed by atoms with Crippen LogP contribution in [-0.2, 0) is 0 Å². The molecule has 0 aliphatic heterocycles. The molecule has 1 atom stereocenters. The van der Waals surface area contributed by atoms with Gasteiger partial charge in [-0.1, -0.05) is 31.9 Å².